The molecular weight excluding hydrogens is 210 g/mol. The van der Waals surface area contributed by atoms with Crippen molar-refractivity contribution in [3.05, 3.63) is 23.5 Å². The van der Waals surface area contributed by atoms with Crippen LogP contribution in [-0.2, 0) is 21.9 Å². The largest absolute Gasteiger partial charge is 0.262 e. The number of rotatable bonds is 1. The minimum Gasteiger partial charge on any atom is -0.260 e. The number of hydrogen-bond acceptors (Lipinski definition) is 3. The average molecular weight is 218 g/mol. The molecule has 0 amide bonds. The summed E-state index contributed by atoms with van der Waals surface area (Å²) >= 11 is 0. The van der Waals surface area contributed by atoms with E-state index in [0.717, 1.165) is 30.5 Å². The molecule has 0 fully saturated rings. The van der Waals surface area contributed by atoms with Gasteiger partial charge in [0.15, 0.2) is 0 Å². The van der Waals surface area contributed by atoms with Crippen LogP contribution in [0.5, 0.6) is 0 Å². The van der Waals surface area contributed by atoms with E-state index in [0.29, 0.717) is 0 Å². The van der Waals surface area contributed by atoms with Gasteiger partial charge in [0.05, 0.1) is 0 Å². The predicted molar refractivity (Wildman–Crippen MR) is 49.3 cm³/mol. The van der Waals surface area contributed by atoms with Gasteiger partial charge in [0.25, 0.3) is 9.05 Å². The summed E-state index contributed by atoms with van der Waals surface area (Å²) in [5.74, 6) is 0. The number of hydrogen-bond donors (Lipinski definition) is 0. The number of halogens is 1. The molecule has 0 aliphatic heterocycles. The second kappa shape index (κ2) is 2.96. The van der Waals surface area contributed by atoms with Gasteiger partial charge in [-0.25, -0.2) is 8.42 Å². The van der Waals surface area contributed by atoms with E-state index in [2.05, 4.69) is 4.98 Å². The summed E-state index contributed by atoms with van der Waals surface area (Å²) in [5.41, 5.74) is 2.02. The summed E-state index contributed by atoms with van der Waals surface area (Å²) in [6.45, 7) is 0. The van der Waals surface area contributed by atoms with Crippen molar-refractivity contribution in [3.8, 4) is 0 Å². The Labute approximate surface area is 81.2 Å². The first-order valence-electron chi connectivity index (χ1n) is 4.00. The highest BCUT2D eigenvalue weighted by atomic mass is 35.7. The van der Waals surface area contributed by atoms with Crippen molar-refractivity contribution in [2.24, 2.45) is 0 Å². The Kier molecular flexibility index (Phi) is 2.04. The fourth-order valence-electron chi connectivity index (χ4n) is 1.54. The summed E-state index contributed by atoms with van der Waals surface area (Å²) in [6, 6.07) is 1.62. The van der Waals surface area contributed by atoms with Crippen LogP contribution in [0.25, 0.3) is 0 Å². The van der Waals surface area contributed by atoms with E-state index >= 15 is 0 Å². The molecular formula is C8H8ClNO2S. The molecule has 0 radical (unpaired) electrons. The molecule has 5 heteroatoms. The highest BCUT2D eigenvalue weighted by Gasteiger charge is 2.17. The molecule has 0 spiro atoms. The third-order valence-corrected chi connectivity index (χ3v) is 3.50. The quantitative estimate of drug-likeness (QED) is 0.670. The summed E-state index contributed by atoms with van der Waals surface area (Å²) in [7, 11) is 1.58. The van der Waals surface area contributed by atoms with Crippen LogP contribution in [-0.4, -0.2) is 13.4 Å². The van der Waals surface area contributed by atoms with Gasteiger partial charge in [-0.3, -0.25) is 4.98 Å². The number of nitrogens with zero attached hydrogens (tertiary/aromatic N) is 1. The van der Waals surface area contributed by atoms with Crippen LogP contribution in [0.15, 0.2) is 17.2 Å². The molecule has 1 aromatic rings. The summed E-state index contributed by atoms with van der Waals surface area (Å²) < 4.78 is 21.9. The number of pyridine rings is 1. The normalized spacial score (nSPS) is 15.8. The highest BCUT2D eigenvalue weighted by Crippen LogP contribution is 2.23. The molecule has 13 heavy (non-hydrogen) atoms. The third-order valence-electron chi connectivity index (χ3n) is 2.18. The first-order valence-corrected chi connectivity index (χ1v) is 6.31. The lowest BCUT2D eigenvalue weighted by Gasteiger charge is -1.99. The van der Waals surface area contributed by atoms with Crippen molar-refractivity contribution in [3.63, 3.8) is 0 Å². The van der Waals surface area contributed by atoms with Gasteiger partial charge in [0.2, 0.25) is 0 Å². The molecule has 1 aliphatic rings. The van der Waals surface area contributed by atoms with E-state index in [-0.39, 0.29) is 4.90 Å². The maximum absolute atomic E-state index is 11.0. The maximum atomic E-state index is 11.0. The fraction of sp³-hybridized carbons (Fsp3) is 0.375. The van der Waals surface area contributed by atoms with Crippen LogP contribution in [0.3, 0.4) is 0 Å². The summed E-state index contributed by atoms with van der Waals surface area (Å²) in [5, 5.41) is 0. The Balaban J connectivity index is 2.54. The molecule has 1 aromatic heterocycles. The van der Waals surface area contributed by atoms with Crippen molar-refractivity contribution in [2.45, 2.75) is 24.2 Å². The second-order valence-electron chi connectivity index (χ2n) is 3.07. The molecule has 0 N–H and O–H groups in total. The van der Waals surface area contributed by atoms with E-state index in [4.69, 9.17) is 10.7 Å². The van der Waals surface area contributed by atoms with Crippen LogP contribution < -0.4 is 0 Å². The Hall–Kier alpha value is -0.610. The first-order chi connectivity index (χ1) is 6.07. The van der Waals surface area contributed by atoms with Crippen molar-refractivity contribution in [1.29, 1.82) is 0 Å². The van der Waals surface area contributed by atoms with Gasteiger partial charge in [0.1, 0.15) is 4.90 Å². The van der Waals surface area contributed by atoms with Gasteiger partial charge in [-0.1, -0.05) is 0 Å². The molecule has 2 rings (SSSR count). The first kappa shape index (κ1) is 8.97. The summed E-state index contributed by atoms with van der Waals surface area (Å²) in [6.07, 6.45) is 4.22. The molecule has 0 aromatic carbocycles. The van der Waals surface area contributed by atoms with Crippen LogP contribution >= 0.6 is 10.7 Å². The second-order valence-corrected chi connectivity index (χ2v) is 5.63. The van der Waals surface area contributed by atoms with Gasteiger partial charge < -0.3 is 0 Å². The molecule has 0 atom stereocenters. The van der Waals surface area contributed by atoms with E-state index in [9.17, 15) is 8.42 Å². The van der Waals surface area contributed by atoms with E-state index in [1.165, 1.54) is 6.20 Å². The van der Waals surface area contributed by atoms with Gasteiger partial charge in [-0.05, 0) is 30.9 Å². The molecule has 1 heterocycles. The smallest absolute Gasteiger partial charge is 0.260 e. The monoisotopic (exact) mass is 217 g/mol. The molecule has 0 saturated heterocycles. The maximum Gasteiger partial charge on any atom is 0.262 e. The van der Waals surface area contributed by atoms with E-state index in [1.807, 2.05) is 0 Å². The SMILES string of the molecule is O=S(=O)(Cl)c1cnc2c(c1)CCC2. The Morgan fingerprint density at radius 2 is 2.15 bits per heavy atom. The fourth-order valence-corrected chi connectivity index (χ4v) is 2.25. The zero-order valence-electron chi connectivity index (χ0n) is 6.83. The highest BCUT2D eigenvalue weighted by molar-refractivity contribution is 8.13. The Bertz CT molecular complexity index is 441. The van der Waals surface area contributed by atoms with Crippen molar-refractivity contribution >= 4 is 19.7 Å². The van der Waals surface area contributed by atoms with Crippen LogP contribution in [0.2, 0.25) is 0 Å². The van der Waals surface area contributed by atoms with E-state index in [1.54, 1.807) is 6.07 Å². The third kappa shape index (κ3) is 1.69. The zero-order chi connectivity index (χ0) is 9.47. The van der Waals surface area contributed by atoms with Crippen molar-refractivity contribution < 1.29 is 8.42 Å². The topological polar surface area (TPSA) is 47.0 Å². The minimum absolute atomic E-state index is 0.106. The van der Waals surface area contributed by atoms with Gasteiger partial charge in [-0.2, -0.15) is 0 Å². The van der Waals surface area contributed by atoms with Crippen LogP contribution in [0, 0.1) is 0 Å². The van der Waals surface area contributed by atoms with Crippen molar-refractivity contribution in [1.82, 2.24) is 4.98 Å². The summed E-state index contributed by atoms with van der Waals surface area (Å²) in [4.78, 5) is 4.17. The zero-order valence-corrected chi connectivity index (χ0v) is 8.40. The molecule has 0 saturated carbocycles. The lowest BCUT2D eigenvalue weighted by atomic mass is 10.2. The lowest BCUT2D eigenvalue weighted by Crippen LogP contribution is -1.95. The molecule has 1 aliphatic carbocycles. The molecule has 70 valence electrons. The average Bonchev–Trinajstić information content (AvgIpc) is 2.47. The number of aromatic nitrogens is 1. The van der Waals surface area contributed by atoms with Gasteiger partial charge >= 0.3 is 0 Å². The number of fused-ring (bicyclic) bond motifs is 1. The van der Waals surface area contributed by atoms with Crippen molar-refractivity contribution in [2.75, 3.05) is 0 Å². The number of aryl methyl sites for hydroxylation is 2. The van der Waals surface area contributed by atoms with Gasteiger partial charge in [-0.15, -0.1) is 0 Å². The molecule has 0 unspecified atom stereocenters. The van der Waals surface area contributed by atoms with E-state index < -0.39 is 9.05 Å². The predicted octanol–water partition coefficient (Wildman–Crippen LogP) is 1.50. The molecule has 0 bridgehead atoms. The van der Waals surface area contributed by atoms with Gasteiger partial charge in [0, 0.05) is 22.6 Å². The Morgan fingerprint density at radius 1 is 1.38 bits per heavy atom. The minimum atomic E-state index is -3.61. The Morgan fingerprint density at radius 3 is 2.85 bits per heavy atom. The molecule has 3 nitrogen and oxygen atoms in total. The van der Waals surface area contributed by atoms with Crippen LogP contribution in [0.1, 0.15) is 17.7 Å². The lowest BCUT2D eigenvalue weighted by molar-refractivity contribution is 0.609. The standard InChI is InChI=1S/C8H8ClNO2S/c9-13(11,12)7-4-6-2-1-3-8(6)10-5-7/h4-5H,1-3H2. The van der Waals surface area contributed by atoms with Crippen LogP contribution in [0.4, 0.5) is 0 Å².